The van der Waals surface area contributed by atoms with Crippen LogP contribution < -0.4 is 5.73 Å². The van der Waals surface area contributed by atoms with Gasteiger partial charge in [0.25, 0.3) is 0 Å². The fraction of sp³-hybridized carbons (Fsp3) is 0.636. The van der Waals surface area contributed by atoms with E-state index >= 15 is 0 Å². The largest absolute Gasteiger partial charge is 0.465 e. The highest BCUT2D eigenvalue weighted by atomic mass is 19.4. The van der Waals surface area contributed by atoms with Crippen molar-refractivity contribution in [2.24, 2.45) is 5.73 Å². The van der Waals surface area contributed by atoms with Crippen molar-refractivity contribution < 1.29 is 22.3 Å². The quantitative estimate of drug-likeness (QED) is 0.791. The van der Waals surface area contributed by atoms with E-state index in [1.807, 2.05) is 0 Å². The van der Waals surface area contributed by atoms with Gasteiger partial charge in [0, 0.05) is 18.6 Å². The monoisotopic (exact) mass is 251 g/mol. The minimum absolute atomic E-state index is 0.0237. The molecule has 0 saturated heterocycles. The highest BCUT2D eigenvalue weighted by molar-refractivity contribution is 5.19. The van der Waals surface area contributed by atoms with Crippen LogP contribution in [0.2, 0.25) is 0 Å². The summed E-state index contributed by atoms with van der Waals surface area (Å²) >= 11 is 0. The molecule has 0 unspecified atom stereocenters. The summed E-state index contributed by atoms with van der Waals surface area (Å²) in [5.74, 6) is 1.35. The molecule has 0 radical (unpaired) electrons. The van der Waals surface area contributed by atoms with Crippen LogP contribution in [0.5, 0.6) is 0 Å². The molecule has 0 aliphatic rings. The van der Waals surface area contributed by atoms with Gasteiger partial charge in [0.15, 0.2) is 0 Å². The maximum absolute atomic E-state index is 11.8. The number of halogens is 3. The van der Waals surface area contributed by atoms with Gasteiger partial charge in [-0.15, -0.1) is 0 Å². The van der Waals surface area contributed by atoms with Crippen LogP contribution in [0.1, 0.15) is 29.9 Å². The third-order valence-electron chi connectivity index (χ3n) is 2.28. The molecule has 0 amide bonds. The zero-order valence-corrected chi connectivity index (χ0v) is 9.64. The smallest absolute Gasteiger partial charge is 0.389 e. The van der Waals surface area contributed by atoms with Gasteiger partial charge in [0.1, 0.15) is 11.5 Å². The average Bonchev–Trinajstić information content (AvgIpc) is 2.57. The zero-order valence-electron chi connectivity index (χ0n) is 9.64. The first-order valence-corrected chi connectivity index (χ1v) is 5.35. The molecule has 1 aromatic heterocycles. The van der Waals surface area contributed by atoms with Gasteiger partial charge < -0.3 is 14.9 Å². The topological polar surface area (TPSA) is 48.4 Å². The van der Waals surface area contributed by atoms with Crippen molar-refractivity contribution >= 4 is 0 Å². The highest BCUT2D eigenvalue weighted by Crippen LogP contribution is 2.21. The first-order chi connectivity index (χ1) is 7.92. The van der Waals surface area contributed by atoms with E-state index in [4.69, 9.17) is 14.9 Å². The molecule has 3 nitrogen and oxygen atoms in total. The van der Waals surface area contributed by atoms with Crippen LogP contribution in [0.15, 0.2) is 10.5 Å². The fourth-order valence-corrected chi connectivity index (χ4v) is 1.39. The van der Waals surface area contributed by atoms with Crippen molar-refractivity contribution in [1.82, 2.24) is 0 Å². The summed E-state index contributed by atoms with van der Waals surface area (Å²) in [5, 5.41) is 0. The molecule has 0 saturated carbocycles. The van der Waals surface area contributed by atoms with Gasteiger partial charge in [-0.2, -0.15) is 13.2 Å². The second-order valence-corrected chi connectivity index (χ2v) is 3.77. The lowest BCUT2D eigenvalue weighted by atomic mass is 10.2. The summed E-state index contributed by atoms with van der Waals surface area (Å²) in [5.41, 5.74) is 6.23. The van der Waals surface area contributed by atoms with Crippen LogP contribution in [0.3, 0.4) is 0 Å². The molecule has 17 heavy (non-hydrogen) atoms. The molecular weight excluding hydrogens is 235 g/mol. The van der Waals surface area contributed by atoms with Gasteiger partial charge >= 0.3 is 6.18 Å². The van der Waals surface area contributed by atoms with Crippen LogP contribution >= 0.6 is 0 Å². The highest BCUT2D eigenvalue weighted by Gasteiger charge is 2.25. The Kier molecular flexibility index (Phi) is 5.02. The molecule has 0 aliphatic heterocycles. The molecular formula is C11H16F3NO2. The van der Waals surface area contributed by atoms with Crippen LogP contribution in [0, 0.1) is 6.92 Å². The van der Waals surface area contributed by atoms with E-state index in [-0.39, 0.29) is 19.6 Å². The minimum Gasteiger partial charge on any atom is -0.465 e. The van der Waals surface area contributed by atoms with Crippen molar-refractivity contribution in [2.75, 3.05) is 6.61 Å². The Labute approximate surface area is 97.7 Å². The molecule has 1 rings (SSSR count). The Bertz CT molecular complexity index is 347. The molecule has 0 aromatic carbocycles. The van der Waals surface area contributed by atoms with E-state index in [0.717, 1.165) is 5.56 Å². The third kappa shape index (κ3) is 5.23. The molecule has 1 heterocycles. The van der Waals surface area contributed by atoms with E-state index < -0.39 is 12.6 Å². The summed E-state index contributed by atoms with van der Waals surface area (Å²) in [6, 6.07) is 1.76. The fourth-order valence-electron chi connectivity index (χ4n) is 1.39. The van der Waals surface area contributed by atoms with Gasteiger partial charge in [0.05, 0.1) is 13.2 Å². The van der Waals surface area contributed by atoms with Crippen LogP contribution in [-0.4, -0.2) is 12.8 Å². The Balaban J connectivity index is 2.24. The lowest BCUT2D eigenvalue weighted by molar-refractivity contribution is -0.138. The molecule has 6 heteroatoms. The number of alkyl halides is 3. The molecule has 98 valence electrons. The number of hydrogen-bond acceptors (Lipinski definition) is 3. The van der Waals surface area contributed by atoms with Gasteiger partial charge in [-0.1, -0.05) is 0 Å². The molecule has 2 N–H and O–H groups in total. The van der Waals surface area contributed by atoms with Gasteiger partial charge in [-0.25, -0.2) is 0 Å². The number of rotatable bonds is 6. The summed E-state index contributed by atoms with van der Waals surface area (Å²) in [4.78, 5) is 0. The van der Waals surface area contributed by atoms with Crippen LogP contribution in [-0.2, 0) is 17.9 Å². The predicted molar refractivity (Wildman–Crippen MR) is 56.3 cm³/mol. The Morgan fingerprint density at radius 3 is 2.65 bits per heavy atom. The van der Waals surface area contributed by atoms with E-state index in [9.17, 15) is 13.2 Å². The third-order valence-corrected chi connectivity index (χ3v) is 2.28. The van der Waals surface area contributed by atoms with Gasteiger partial charge in [-0.05, 0) is 19.4 Å². The van der Waals surface area contributed by atoms with E-state index in [1.54, 1.807) is 13.0 Å². The van der Waals surface area contributed by atoms with Crippen molar-refractivity contribution in [1.29, 1.82) is 0 Å². The number of ether oxygens (including phenoxy) is 1. The average molecular weight is 251 g/mol. The molecule has 0 spiro atoms. The first kappa shape index (κ1) is 14.1. The van der Waals surface area contributed by atoms with Crippen molar-refractivity contribution in [3.8, 4) is 0 Å². The molecule has 0 fully saturated rings. The van der Waals surface area contributed by atoms with Crippen molar-refractivity contribution in [3.05, 3.63) is 23.2 Å². The number of furan rings is 1. The van der Waals surface area contributed by atoms with Crippen LogP contribution in [0.25, 0.3) is 0 Å². The van der Waals surface area contributed by atoms with E-state index in [2.05, 4.69) is 0 Å². The van der Waals surface area contributed by atoms with E-state index in [0.29, 0.717) is 18.1 Å². The SMILES string of the molecule is Cc1oc(CN)cc1COCCCC(F)(F)F. The van der Waals surface area contributed by atoms with Gasteiger partial charge in [0.2, 0.25) is 0 Å². The Hall–Kier alpha value is -1.01. The Morgan fingerprint density at radius 2 is 2.12 bits per heavy atom. The minimum atomic E-state index is -4.11. The van der Waals surface area contributed by atoms with Crippen molar-refractivity contribution in [3.63, 3.8) is 0 Å². The predicted octanol–water partition coefficient (Wildman–Crippen LogP) is 2.91. The molecule has 1 aromatic rings. The number of nitrogens with two attached hydrogens (primary N) is 1. The summed E-state index contributed by atoms with van der Waals surface area (Å²) < 4.78 is 45.9. The second kappa shape index (κ2) is 6.07. The normalized spacial score (nSPS) is 12.1. The number of aryl methyl sites for hydroxylation is 1. The maximum atomic E-state index is 11.8. The Morgan fingerprint density at radius 1 is 1.41 bits per heavy atom. The molecule has 0 aliphatic carbocycles. The first-order valence-electron chi connectivity index (χ1n) is 5.35. The standard InChI is InChI=1S/C11H16F3NO2/c1-8-9(5-10(6-15)17-8)7-16-4-2-3-11(12,13)14/h5H,2-4,6-7,15H2,1H3. The summed E-state index contributed by atoms with van der Waals surface area (Å²) in [6.45, 7) is 2.41. The second-order valence-electron chi connectivity index (χ2n) is 3.77. The lowest BCUT2D eigenvalue weighted by Gasteiger charge is -2.06. The lowest BCUT2D eigenvalue weighted by Crippen LogP contribution is -2.08. The summed E-state index contributed by atoms with van der Waals surface area (Å²) in [6.07, 6.45) is -4.95. The van der Waals surface area contributed by atoms with Crippen molar-refractivity contribution in [2.45, 2.75) is 39.1 Å². The molecule has 0 bridgehead atoms. The zero-order chi connectivity index (χ0) is 12.9. The number of hydrogen-bond donors (Lipinski definition) is 1. The summed E-state index contributed by atoms with van der Waals surface area (Å²) in [7, 11) is 0. The maximum Gasteiger partial charge on any atom is 0.389 e. The van der Waals surface area contributed by atoms with E-state index in [1.165, 1.54) is 0 Å². The van der Waals surface area contributed by atoms with Gasteiger partial charge in [-0.3, -0.25) is 0 Å². The van der Waals surface area contributed by atoms with Crippen LogP contribution in [0.4, 0.5) is 13.2 Å². The molecule has 0 atom stereocenters.